The highest BCUT2D eigenvalue weighted by atomic mass is 16.4. The van der Waals surface area contributed by atoms with Gasteiger partial charge in [-0.1, -0.05) is 24.3 Å². The Hall–Kier alpha value is -6.02. The third-order valence-electron chi connectivity index (χ3n) is 7.19. The SMILES string of the molecule is O=C(O)c1cccc(-c2c3nc(cc4ccc([nH]4)c(-c4cccc(C(=O)O)c4)c4nc(cc5ccc2[nH]5)C=C4)C=C3)c1. The average Bonchev–Trinajstić information content (AvgIpc) is 3.80. The van der Waals surface area contributed by atoms with Crippen molar-refractivity contribution in [2.24, 2.45) is 0 Å². The van der Waals surface area contributed by atoms with Crippen LogP contribution in [0.5, 0.6) is 0 Å². The lowest BCUT2D eigenvalue weighted by Crippen LogP contribution is -1.96. The number of aromatic amines is 2. The predicted molar refractivity (Wildman–Crippen MR) is 164 cm³/mol. The van der Waals surface area contributed by atoms with Gasteiger partial charge in [0.05, 0.1) is 33.9 Å². The second-order valence-corrected chi connectivity index (χ2v) is 9.98. The number of hydrogen-bond acceptors (Lipinski definition) is 4. The Morgan fingerprint density at radius 1 is 0.548 bits per heavy atom. The first-order valence-corrected chi connectivity index (χ1v) is 13.2. The second kappa shape index (κ2) is 9.87. The molecule has 0 unspecified atom stereocenters. The Balaban J connectivity index is 1.54. The topological polar surface area (TPSA) is 132 Å². The van der Waals surface area contributed by atoms with Gasteiger partial charge in [-0.15, -0.1) is 0 Å². The molecule has 2 aromatic carbocycles. The summed E-state index contributed by atoms with van der Waals surface area (Å²) in [5.74, 6) is -2.00. The highest BCUT2D eigenvalue weighted by molar-refractivity contribution is 5.96. The van der Waals surface area contributed by atoms with E-state index in [9.17, 15) is 19.8 Å². The van der Waals surface area contributed by atoms with Gasteiger partial charge >= 0.3 is 11.9 Å². The number of rotatable bonds is 4. The van der Waals surface area contributed by atoms with E-state index in [1.807, 2.05) is 72.8 Å². The van der Waals surface area contributed by atoms with E-state index in [2.05, 4.69) is 9.97 Å². The van der Waals surface area contributed by atoms with Crippen LogP contribution in [0, 0.1) is 0 Å². The third kappa shape index (κ3) is 4.56. The van der Waals surface area contributed by atoms with E-state index < -0.39 is 11.9 Å². The summed E-state index contributed by atoms with van der Waals surface area (Å²) in [6, 6.07) is 25.3. The minimum Gasteiger partial charge on any atom is -0.478 e. The fourth-order valence-corrected chi connectivity index (χ4v) is 5.30. The first kappa shape index (κ1) is 25.0. The van der Waals surface area contributed by atoms with Crippen LogP contribution in [0.2, 0.25) is 0 Å². The summed E-state index contributed by atoms with van der Waals surface area (Å²) in [4.78, 5) is 40.1. The minimum absolute atomic E-state index is 0.192. The van der Waals surface area contributed by atoms with Crippen molar-refractivity contribution in [2.45, 2.75) is 0 Å². The van der Waals surface area contributed by atoms with E-state index in [4.69, 9.17) is 9.97 Å². The van der Waals surface area contributed by atoms with Gasteiger partial charge in [-0.25, -0.2) is 19.6 Å². The van der Waals surface area contributed by atoms with Crippen molar-refractivity contribution in [3.8, 4) is 22.3 Å². The number of aromatic carboxylic acids is 2. The Labute approximate surface area is 239 Å². The van der Waals surface area contributed by atoms with Crippen molar-refractivity contribution >= 4 is 58.3 Å². The first-order valence-electron chi connectivity index (χ1n) is 13.2. The van der Waals surface area contributed by atoms with E-state index in [1.165, 1.54) is 0 Å². The van der Waals surface area contributed by atoms with Gasteiger partial charge in [0.15, 0.2) is 0 Å². The molecule has 0 fully saturated rings. The Kier molecular flexibility index (Phi) is 5.87. The molecule has 3 aromatic heterocycles. The number of nitrogens with zero attached hydrogens (tertiary/aromatic N) is 2. The van der Waals surface area contributed by atoms with Crippen LogP contribution in [0.15, 0.2) is 84.9 Å². The summed E-state index contributed by atoms with van der Waals surface area (Å²) in [5.41, 5.74) is 9.42. The lowest BCUT2D eigenvalue weighted by Gasteiger charge is -2.05. The van der Waals surface area contributed by atoms with Crippen LogP contribution in [0.4, 0.5) is 0 Å². The lowest BCUT2D eigenvalue weighted by atomic mass is 10.0. The molecule has 2 aliphatic rings. The summed E-state index contributed by atoms with van der Waals surface area (Å²) in [5, 5.41) is 19.2. The normalized spacial score (nSPS) is 12.0. The van der Waals surface area contributed by atoms with E-state index in [0.717, 1.165) is 55.7 Å². The van der Waals surface area contributed by atoms with E-state index >= 15 is 0 Å². The largest absolute Gasteiger partial charge is 0.478 e. The zero-order valence-corrected chi connectivity index (χ0v) is 22.0. The van der Waals surface area contributed by atoms with Crippen LogP contribution in [0.1, 0.15) is 43.5 Å². The Bertz CT molecular complexity index is 2010. The molecule has 0 aliphatic carbocycles. The fraction of sp³-hybridized carbons (Fsp3) is 0. The van der Waals surface area contributed by atoms with Gasteiger partial charge in [0.1, 0.15) is 0 Å². The van der Waals surface area contributed by atoms with Gasteiger partial charge in [-0.3, -0.25) is 0 Å². The summed E-state index contributed by atoms with van der Waals surface area (Å²) in [7, 11) is 0. The van der Waals surface area contributed by atoms with Crippen molar-refractivity contribution < 1.29 is 19.8 Å². The molecule has 0 saturated carbocycles. The van der Waals surface area contributed by atoms with Crippen molar-refractivity contribution in [3.63, 3.8) is 0 Å². The Morgan fingerprint density at radius 3 is 1.43 bits per heavy atom. The van der Waals surface area contributed by atoms with Crippen molar-refractivity contribution in [1.82, 2.24) is 19.9 Å². The molecule has 8 bridgehead atoms. The van der Waals surface area contributed by atoms with Crippen molar-refractivity contribution in [1.29, 1.82) is 0 Å². The zero-order chi connectivity index (χ0) is 28.8. The molecule has 2 aliphatic heterocycles. The number of benzene rings is 2. The quantitative estimate of drug-likeness (QED) is 0.181. The summed E-state index contributed by atoms with van der Waals surface area (Å²) in [6.45, 7) is 0. The second-order valence-electron chi connectivity index (χ2n) is 9.98. The molecule has 42 heavy (non-hydrogen) atoms. The molecule has 5 heterocycles. The molecule has 5 aromatic rings. The van der Waals surface area contributed by atoms with E-state index in [-0.39, 0.29) is 11.1 Å². The molecule has 8 heteroatoms. The molecule has 0 radical (unpaired) electrons. The molecule has 4 N–H and O–H groups in total. The maximum Gasteiger partial charge on any atom is 0.335 e. The van der Waals surface area contributed by atoms with Crippen LogP contribution >= 0.6 is 0 Å². The van der Waals surface area contributed by atoms with Gasteiger partial charge in [0.2, 0.25) is 0 Å². The summed E-state index contributed by atoms with van der Waals surface area (Å²) >= 11 is 0. The maximum atomic E-state index is 11.7. The highest BCUT2D eigenvalue weighted by Crippen LogP contribution is 2.33. The fourth-order valence-electron chi connectivity index (χ4n) is 5.30. The Morgan fingerprint density at radius 2 is 1.00 bits per heavy atom. The molecule has 0 spiro atoms. The predicted octanol–water partition coefficient (Wildman–Crippen LogP) is 7.39. The number of carboxylic acids is 2. The molecule has 0 atom stereocenters. The zero-order valence-electron chi connectivity index (χ0n) is 22.0. The van der Waals surface area contributed by atoms with E-state index in [1.54, 1.807) is 36.4 Å². The number of fused-ring (bicyclic) bond motifs is 8. The van der Waals surface area contributed by atoms with Crippen LogP contribution in [-0.4, -0.2) is 42.1 Å². The number of aromatic nitrogens is 4. The number of nitrogens with one attached hydrogen (secondary N) is 2. The molecule has 8 nitrogen and oxygen atoms in total. The lowest BCUT2D eigenvalue weighted by molar-refractivity contribution is 0.0686. The van der Waals surface area contributed by atoms with Gasteiger partial charge in [-0.2, -0.15) is 0 Å². The van der Waals surface area contributed by atoms with Gasteiger partial charge in [0, 0.05) is 33.2 Å². The molecule has 7 rings (SSSR count). The number of hydrogen-bond donors (Lipinski definition) is 4. The molecule has 0 saturated heterocycles. The van der Waals surface area contributed by atoms with Crippen molar-refractivity contribution in [2.75, 3.05) is 0 Å². The first-order chi connectivity index (χ1) is 20.4. The molecule has 0 amide bonds. The smallest absolute Gasteiger partial charge is 0.335 e. The standard InChI is InChI=1S/C34H22N4O4/c39-33(40)21-5-1-3-19(15-21)31-27-11-7-23(35-27)17-25-9-13-29(37-25)32(20-4-2-6-22(16-20)34(41)42)30-14-10-26(38-30)18-24-8-12-28(31)36-24/h1-18,35,38H,(H,39,40)(H,41,42). The maximum absolute atomic E-state index is 11.7. The van der Waals surface area contributed by atoms with Crippen LogP contribution in [-0.2, 0) is 0 Å². The number of carboxylic acid groups (broad SMARTS) is 2. The molecule has 202 valence electrons. The molecular formula is C34H22N4O4. The number of carbonyl (C=O) groups is 2. The average molecular weight is 551 g/mol. The minimum atomic E-state index is -0.998. The highest BCUT2D eigenvalue weighted by Gasteiger charge is 2.15. The molecular weight excluding hydrogens is 528 g/mol. The number of H-pyrrole nitrogens is 2. The van der Waals surface area contributed by atoms with Gasteiger partial charge in [0.25, 0.3) is 0 Å². The van der Waals surface area contributed by atoms with Gasteiger partial charge in [-0.05, 0) is 96.1 Å². The van der Waals surface area contributed by atoms with Crippen LogP contribution in [0.25, 0.3) is 68.6 Å². The summed E-state index contributed by atoms with van der Waals surface area (Å²) in [6.07, 6.45) is 7.66. The van der Waals surface area contributed by atoms with Crippen LogP contribution in [0.3, 0.4) is 0 Å². The van der Waals surface area contributed by atoms with E-state index in [0.29, 0.717) is 11.4 Å². The van der Waals surface area contributed by atoms with Gasteiger partial charge < -0.3 is 20.2 Å². The monoisotopic (exact) mass is 550 g/mol. The third-order valence-corrected chi connectivity index (χ3v) is 7.19. The summed E-state index contributed by atoms with van der Waals surface area (Å²) < 4.78 is 0. The van der Waals surface area contributed by atoms with Crippen LogP contribution < -0.4 is 0 Å². The van der Waals surface area contributed by atoms with Crippen molar-refractivity contribution in [3.05, 3.63) is 119 Å².